The first-order valence-electron chi connectivity index (χ1n) is 16.2. The van der Waals surface area contributed by atoms with Crippen LogP contribution in [0.1, 0.15) is 63.4 Å². The minimum Gasteiger partial charge on any atom is -0.445 e. The fourth-order valence-corrected chi connectivity index (χ4v) is 7.39. The van der Waals surface area contributed by atoms with Crippen LogP contribution < -0.4 is 20.9 Å². The van der Waals surface area contributed by atoms with Gasteiger partial charge in [0.2, 0.25) is 11.8 Å². The van der Waals surface area contributed by atoms with Crippen LogP contribution in [0.5, 0.6) is 0 Å². The molecule has 3 amide bonds. The number of amides is 3. The second-order valence-electron chi connectivity index (χ2n) is 13.2. The number of ether oxygens (including phenoxy) is 1. The molecule has 1 saturated carbocycles. The highest BCUT2D eigenvalue weighted by molar-refractivity contribution is 6.01. The van der Waals surface area contributed by atoms with Crippen LogP contribution in [0.2, 0.25) is 0 Å². The van der Waals surface area contributed by atoms with Crippen LogP contribution in [0, 0.1) is 17.2 Å². The van der Waals surface area contributed by atoms with Gasteiger partial charge in [0.25, 0.3) is 0 Å². The molecule has 3 heterocycles. The van der Waals surface area contributed by atoms with Gasteiger partial charge in [-0.3, -0.25) is 14.9 Å². The summed E-state index contributed by atoms with van der Waals surface area (Å²) >= 11 is 0. The third kappa shape index (κ3) is 7.52. The Kier molecular flexibility index (Phi) is 9.35. The summed E-state index contributed by atoms with van der Waals surface area (Å²) in [7, 11) is 0. The average Bonchev–Trinajstić information content (AvgIpc) is 3.01. The number of halogens is 1. The summed E-state index contributed by atoms with van der Waals surface area (Å²) in [6.07, 6.45) is 8.13. The van der Waals surface area contributed by atoms with E-state index in [0.29, 0.717) is 35.7 Å². The van der Waals surface area contributed by atoms with Crippen molar-refractivity contribution < 1.29 is 23.5 Å². The summed E-state index contributed by atoms with van der Waals surface area (Å²) in [5, 5.41) is 8.43. The number of piperidine rings is 3. The molecule has 9 nitrogen and oxygen atoms in total. The lowest BCUT2D eigenvalue weighted by Crippen LogP contribution is -2.55. The Bertz CT molecular complexity index is 1320. The molecular formula is C34H44FN5O4. The van der Waals surface area contributed by atoms with Crippen LogP contribution in [0.4, 0.5) is 20.6 Å². The van der Waals surface area contributed by atoms with E-state index in [9.17, 15) is 14.4 Å². The number of benzene rings is 2. The third-order valence-corrected chi connectivity index (χ3v) is 10.1. The Labute approximate surface area is 258 Å². The molecule has 0 radical (unpaired) electrons. The largest absolute Gasteiger partial charge is 0.445 e. The van der Waals surface area contributed by atoms with Gasteiger partial charge < -0.3 is 25.2 Å². The molecule has 6 rings (SSSR count). The predicted molar refractivity (Wildman–Crippen MR) is 167 cm³/mol. The van der Waals surface area contributed by atoms with E-state index in [2.05, 4.69) is 25.8 Å². The summed E-state index contributed by atoms with van der Waals surface area (Å²) in [5.74, 6) is -0.267. The first-order chi connectivity index (χ1) is 21.3. The summed E-state index contributed by atoms with van der Waals surface area (Å²) in [5.41, 5.74) is 2.52. The maximum absolute atomic E-state index is 15.0. The lowest BCUT2D eigenvalue weighted by Gasteiger charge is -2.52. The Morgan fingerprint density at radius 2 is 1.75 bits per heavy atom. The van der Waals surface area contributed by atoms with Crippen molar-refractivity contribution >= 4 is 29.3 Å². The number of alkyl carbamates (subject to hydrolysis) is 1. The standard InChI is InChI=1S/C34H44FN5O4/c35-28-20-26(36-29-7-9-31(41)38-32(29)42)6-8-30(28)40-16-11-24(12-17-40)10-15-39-18-13-34(14-19-39)21-27(22-34)37-33(43)44-23-25-4-2-1-3-5-25/h1-6,8,20,24,27,29,36H,7,9-19,21-23H2,(H,37,43)(H,38,41,42). The van der Waals surface area contributed by atoms with Gasteiger partial charge in [-0.05, 0) is 106 Å². The Balaban J connectivity index is 0.861. The van der Waals surface area contributed by atoms with Crippen molar-refractivity contribution in [3.8, 4) is 0 Å². The van der Waals surface area contributed by atoms with Crippen molar-refractivity contribution in [3.05, 3.63) is 59.9 Å². The maximum atomic E-state index is 15.0. The molecule has 3 aliphatic heterocycles. The number of nitrogens with zero attached hydrogens (tertiary/aromatic N) is 2. The highest BCUT2D eigenvalue weighted by atomic mass is 19.1. The summed E-state index contributed by atoms with van der Waals surface area (Å²) in [4.78, 5) is 40.3. The molecular weight excluding hydrogens is 561 g/mol. The van der Waals surface area contributed by atoms with E-state index in [4.69, 9.17) is 4.74 Å². The summed E-state index contributed by atoms with van der Waals surface area (Å²) < 4.78 is 20.4. The van der Waals surface area contributed by atoms with Crippen LogP contribution >= 0.6 is 0 Å². The fourth-order valence-electron chi connectivity index (χ4n) is 7.39. The van der Waals surface area contributed by atoms with Gasteiger partial charge in [0.15, 0.2) is 0 Å². The molecule has 236 valence electrons. The van der Waals surface area contributed by atoms with E-state index >= 15 is 4.39 Å². The molecule has 2 aromatic rings. The van der Waals surface area contributed by atoms with Gasteiger partial charge in [0.1, 0.15) is 18.5 Å². The highest BCUT2D eigenvalue weighted by Crippen LogP contribution is 2.49. The van der Waals surface area contributed by atoms with Crippen LogP contribution in [0.15, 0.2) is 48.5 Å². The number of hydrogen-bond donors (Lipinski definition) is 3. The molecule has 10 heteroatoms. The Morgan fingerprint density at radius 3 is 2.45 bits per heavy atom. The highest BCUT2D eigenvalue weighted by Gasteiger charge is 2.46. The van der Waals surface area contributed by atoms with Crippen molar-refractivity contribution in [2.45, 2.75) is 76.5 Å². The molecule has 1 unspecified atom stereocenters. The number of nitrogens with one attached hydrogen (secondary N) is 3. The van der Waals surface area contributed by atoms with Gasteiger partial charge >= 0.3 is 6.09 Å². The van der Waals surface area contributed by atoms with Gasteiger partial charge in [-0.15, -0.1) is 0 Å². The van der Waals surface area contributed by atoms with E-state index in [0.717, 1.165) is 64.0 Å². The molecule has 2 aromatic carbocycles. The predicted octanol–water partition coefficient (Wildman–Crippen LogP) is 4.82. The van der Waals surface area contributed by atoms with Gasteiger partial charge in [-0.2, -0.15) is 0 Å². The smallest absolute Gasteiger partial charge is 0.407 e. The monoisotopic (exact) mass is 605 g/mol. The zero-order valence-corrected chi connectivity index (χ0v) is 25.4. The van der Waals surface area contributed by atoms with E-state index in [1.165, 1.54) is 25.3 Å². The van der Waals surface area contributed by atoms with Crippen molar-refractivity contribution in [2.24, 2.45) is 11.3 Å². The first-order valence-corrected chi connectivity index (χ1v) is 16.2. The molecule has 1 aliphatic carbocycles. The summed E-state index contributed by atoms with van der Waals surface area (Å²) in [6.45, 7) is 5.33. The SMILES string of the molecule is O=C1CCC(Nc2ccc(N3CCC(CCN4CCC5(CC4)CC(NC(=O)OCc4ccccc4)C5)CC3)c(F)c2)C(=O)N1. The van der Waals surface area contributed by atoms with E-state index in [1.54, 1.807) is 6.07 Å². The number of carbonyl (C=O) groups excluding carboxylic acids is 3. The molecule has 0 aromatic heterocycles. The third-order valence-electron chi connectivity index (χ3n) is 10.1. The van der Waals surface area contributed by atoms with Crippen LogP contribution in [-0.2, 0) is 20.9 Å². The number of hydrogen-bond acceptors (Lipinski definition) is 7. The van der Waals surface area contributed by atoms with Gasteiger partial charge in [0.05, 0.1) is 5.69 Å². The molecule has 4 fully saturated rings. The lowest BCUT2D eigenvalue weighted by atomic mass is 9.60. The number of anilines is 2. The maximum Gasteiger partial charge on any atom is 0.407 e. The first kappa shape index (κ1) is 30.4. The quantitative estimate of drug-likeness (QED) is 0.352. The normalized spacial score (nSPS) is 22.8. The van der Waals surface area contributed by atoms with Crippen LogP contribution in [0.3, 0.4) is 0 Å². The minimum atomic E-state index is -0.525. The molecule has 3 saturated heterocycles. The molecule has 44 heavy (non-hydrogen) atoms. The molecule has 3 N–H and O–H groups in total. The topological polar surface area (TPSA) is 103 Å². The zero-order valence-electron chi connectivity index (χ0n) is 25.4. The molecule has 4 aliphatic rings. The molecule has 1 spiro atoms. The van der Waals surface area contributed by atoms with E-state index in [-0.39, 0.29) is 36.2 Å². The van der Waals surface area contributed by atoms with Crippen LogP contribution in [-0.4, -0.2) is 67.6 Å². The average molecular weight is 606 g/mol. The fraction of sp³-hybridized carbons (Fsp3) is 0.559. The molecule has 0 bridgehead atoms. The minimum absolute atomic E-state index is 0.220. The summed E-state index contributed by atoms with van der Waals surface area (Å²) in [6, 6.07) is 14.5. The van der Waals surface area contributed by atoms with Crippen molar-refractivity contribution in [1.29, 1.82) is 0 Å². The van der Waals surface area contributed by atoms with Crippen LogP contribution in [0.25, 0.3) is 0 Å². The number of carbonyl (C=O) groups is 3. The van der Waals surface area contributed by atoms with E-state index in [1.807, 2.05) is 36.4 Å². The van der Waals surface area contributed by atoms with Gasteiger partial charge in [0, 0.05) is 31.2 Å². The zero-order chi connectivity index (χ0) is 30.5. The lowest BCUT2D eigenvalue weighted by molar-refractivity contribution is -0.133. The van der Waals surface area contributed by atoms with E-state index < -0.39 is 6.04 Å². The Hall–Kier alpha value is -3.66. The van der Waals surface area contributed by atoms with Gasteiger partial charge in [-0.25, -0.2) is 9.18 Å². The van der Waals surface area contributed by atoms with Crippen molar-refractivity contribution in [2.75, 3.05) is 42.9 Å². The van der Waals surface area contributed by atoms with Crippen molar-refractivity contribution in [3.63, 3.8) is 0 Å². The number of rotatable bonds is 9. The molecule has 1 atom stereocenters. The number of likely N-dealkylation sites (tertiary alicyclic amines) is 1. The van der Waals surface area contributed by atoms with Crippen molar-refractivity contribution in [1.82, 2.24) is 15.5 Å². The van der Waals surface area contributed by atoms with Gasteiger partial charge in [-0.1, -0.05) is 30.3 Å². The second-order valence-corrected chi connectivity index (χ2v) is 13.2. The Morgan fingerprint density at radius 1 is 1.00 bits per heavy atom. The second kappa shape index (κ2) is 13.5. The number of imide groups is 1.